The predicted molar refractivity (Wildman–Crippen MR) is 96.1 cm³/mol. The van der Waals surface area contributed by atoms with E-state index in [-0.39, 0.29) is 6.61 Å². The molecule has 1 amide bonds. The third kappa shape index (κ3) is 5.12. The lowest BCUT2D eigenvalue weighted by Gasteiger charge is -2.33. The lowest BCUT2D eigenvalue weighted by molar-refractivity contribution is -0.0608. The van der Waals surface area contributed by atoms with Crippen molar-refractivity contribution in [1.29, 1.82) is 0 Å². The van der Waals surface area contributed by atoms with Crippen LogP contribution in [0.1, 0.15) is 46.3 Å². The summed E-state index contributed by atoms with van der Waals surface area (Å²) in [6, 6.07) is 6.31. The van der Waals surface area contributed by atoms with Gasteiger partial charge in [-0.05, 0) is 52.3 Å². The Bertz CT molecular complexity index is 682. The summed E-state index contributed by atoms with van der Waals surface area (Å²) < 4.78 is 11.1. The summed E-state index contributed by atoms with van der Waals surface area (Å²) in [4.78, 5) is 14.0. The van der Waals surface area contributed by atoms with Gasteiger partial charge in [-0.15, -0.1) is 0 Å². The fraction of sp³-hybridized carbons (Fsp3) is 0.526. The fourth-order valence-corrected chi connectivity index (χ4v) is 2.60. The smallest absolute Gasteiger partial charge is 0.413 e. The molecule has 0 aromatic heterocycles. The Hall–Kier alpha value is -1.74. The Balaban J connectivity index is 2.17. The van der Waals surface area contributed by atoms with Crippen LogP contribution in [0.3, 0.4) is 0 Å². The van der Waals surface area contributed by atoms with Crippen LogP contribution in [-0.4, -0.2) is 40.1 Å². The fourth-order valence-electron chi connectivity index (χ4n) is 2.47. The number of halogens is 1. The molecule has 6 heteroatoms. The van der Waals surface area contributed by atoms with Crippen molar-refractivity contribution in [2.75, 3.05) is 6.61 Å². The van der Waals surface area contributed by atoms with E-state index in [4.69, 9.17) is 21.1 Å². The number of amides is 1. The van der Waals surface area contributed by atoms with Gasteiger partial charge in [-0.2, -0.15) is 0 Å². The Morgan fingerprint density at radius 1 is 1.40 bits per heavy atom. The summed E-state index contributed by atoms with van der Waals surface area (Å²) in [7, 11) is 0. The van der Waals surface area contributed by atoms with E-state index in [0.29, 0.717) is 10.6 Å². The monoisotopic (exact) mass is 365 g/mol. The van der Waals surface area contributed by atoms with Gasteiger partial charge in [0.1, 0.15) is 23.5 Å². The van der Waals surface area contributed by atoms with E-state index in [1.807, 2.05) is 0 Å². The van der Waals surface area contributed by atoms with Gasteiger partial charge in [0.05, 0.1) is 6.61 Å². The molecule has 0 saturated carbocycles. The highest BCUT2D eigenvalue weighted by Crippen LogP contribution is 2.29. The molecule has 0 spiro atoms. The zero-order chi connectivity index (χ0) is 18.8. The molecule has 1 heterocycles. The van der Waals surface area contributed by atoms with Crippen LogP contribution in [0.25, 0.3) is 0 Å². The maximum absolute atomic E-state index is 12.5. The maximum Gasteiger partial charge on any atom is 0.413 e. The van der Waals surface area contributed by atoms with Crippen molar-refractivity contribution in [2.24, 2.45) is 0 Å². The zero-order valence-corrected chi connectivity index (χ0v) is 15.9. The third-order valence-electron chi connectivity index (χ3n) is 3.65. The van der Waals surface area contributed by atoms with E-state index in [2.05, 4.69) is 11.8 Å². The molecule has 0 bridgehead atoms. The van der Waals surface area contributed by atoms with Gasteiger partial charge in [0.2, 0.25) is 0 Å². The Morgan fingerprint density at radius 2 is 2.00 bits per heavy atom. The molecule has 2 rings (SSSR count). The third-order valence-corrected chi connectivity index (χ3v) is 3.90. The predicted octanol–water partition coefficient (Wildman–Crippen LogP) is 3.75. The summed E-state index contributed by atoms with van der Waals surface area (Å²) in [5, 5.41) is 10.8. The molecule has 0 unspecified atom stereocenters. The summed E-state index contributed by atoms with van der Waals surface area (Å²) in [6.45, 7) is 9.24. The topological polar surface area (TPSA) is 59.0 Å². The average Bonchev–Trinajstić information content (AvgIpc) is 2.78. The second kappa shape index (κ2) is 7.25. The number of aliphatic hydroxyl groups is 1. The minimum Gasteiger partial charge on any atom is -0.444 e. The van der Waals surface area contributed by atoms with E-state index in [1.165, 1.54) is 4.90 Å². The maximum atomic E-state index is 12.5. The lowest BCUT2D eigenvalue weighted by Crippen LogP contribution is -2.49. The van der Waals surface area contributed by atoms with Crippen molar-refractivity contribution in [1.82, 2.24) is 4.90 Å². The van der Waals surface area contributed by atoms with Gasteiger partial charge in [0, 0.05) is 5.02 Å². The van der Waals surface area contributed by atoms with E-state index in [0.717, 1.165) is 0 Å². The molecular formula is C19H24ClNO4. The molecule has 1 N–H and O–H groups in total. The molecule has 1 saturated heterocycles. The van der Waals surface area contributed by atoms with Gasteiger partial charge in [0.25, 0.3) is 0 Å². The molecule has 1 aliphatic heterocycles. The minimum absolute atomic E-state index is 0.257. The van der Waals surface area contributed by atoms with E-state index in [1.54, 1.807) is 58.9 Å². The van der Waals surface area contributed by atoms with Crippen LogP contribution >= 0.6 is 11.6 Å². The summed E-state index contributed by atoms with van der Waals surface area (Å²) >= 11 is 5.84. The van der Waals surface area contributed by atoms with Crippen LogP contribution in [0, 0.1) is 11.8 Å². The van der Waals surface area contributed by atoms with Crippen molar-refractivity contribution in [3.8, 4) is 11.8 Å². The highest BCUT2D eigenvalue weighted by Gasteiger charge is 2.45. The number of nitrogens with zero attached hydrogens (tertiary/aromatic N) is 1. The SMILES string of the molecule is CC(C)(C)OC(=O)N1[C@@H](C#C[C@@H](O)c2ccc(Cl)cc2)COC1(C)C. The number of carbonyl (C=O) groups is 1. The molecule has 1 aliphatic rings. The summed E-state index contributed by atoms with van der Waals surface area (Å²) in [6.07, 6.45) is -1.46. The molecule has 5 nitrogen and oxygen atoms in total. The molecule has 0 radical (unpaired) electrons. The van der Waals surface area contributed by atoms with Crippen molar-refractivity contribution >= 4 is 17.7 Å². The number of rotatable bonds is 1. The van der Waals surface area contributed by atoms with Crippen LogP contribution in [0.2, 0.25) is 5.02 Å². The largest absolute Gasteiger partial charge is 0.444 e. The normalized spacial score (nSPS) is 20.6. The Morgan fingerprint density at radius 3 is 2.56 bits per heavy atom. The number of hydrogen-bond donors (Lipinski definition) is 1. The first kappa shape index (κ1) is 19.6. The standard InChI is InChI=1S/C19H24ClNO4/c1-18(2,3)25-17(23)21-15(12-24-19(21,4)5)10-11-16(22)13-6-8-14(20)9-7-13/h6-9,15-16,22H,12H2,1-5H3/t15-,16+/m0/s1. The highest BCUT2D eigenvalue weighted by molar-refractivity contribution is 6.30. The average molecular weight is 366 g/mol. The minimum atomic E-state index is -0.971. The van der Waals surface area contributed by atoms with Crippen LogP contribution in [0.5, 0.6) is 0 Å². The van der Waals surface area contributed by atoms with Crippen LogP contribution in [-0.2, 0) is 9.47 Å². The van der Waals surface area contributed by atoms with Crippen LogP contribution < -0.4 is 0 Å². The number of benzene rings is 1. The molecule has 2 atom stereocenters. The van der Waals surface area contributed by atoms with Crippen molar-refractivity contribution in [3.63, 3.8) is 0 Å². The first-order valence-corrected chi connectivity index (χ1v) is 8.48. The quantitative estimate of drug-likeness (QED) is 0.770. The van der Waals surface area contributed by atoms with Gasteiger partial charge in [-0.3, -0.25) is 4.90 Å². The van der Waals surface area contributed by atoms with Gasteiger partial charge in [-0.1, -0.05) is 35.6 Å². The number of carbonyl (C=O) groups excluding carboxylic acids is 1. The second-order valence-corrected chi connectivity index (χ2v) is 7.80. The first-order valence-electron chi connectivity index (χ1n) is 8.10. The molecule has 1 fully saturated rings. The molecule has 136 valence electrons. The van der Waals surface area contributed by atoms with Crippen molar-refractivity contribution < 1.29 is 19.4 Å². The Labute approximate surface area is 153 Å². The molecular weight excluding hydrogens is 342 g/mol. The zero-order valence-electron chi connectivity index (χ0n) is 15.2. The number of ether oxygens (including phenoxy) is 2. The molecule has 1 aromatic rings. The molecule has 1 aromatic carbocycles. The van der Waals surface area contributed by atoms with Gasteiger partial charge < -0.3 is 14.6 Å². The number of hydrogen-bond acceptors (Lipinski definition) is 4. The lowest BCUT2D eigenvalue weighted by atomic mass is 10.1. The summed E-state index contributed by atoms with van der Waals surface area (Å²) in [5.41, 5.74) is -0.803. The van der Waals surface area contributed by atoms with Crippen molar-refractivity contribution in [3.05, 3.63) is 34.9 Å². The molecule has 0 aliphatic carbocycles. The van der Waals surface area contributed by atoms with Crippen molar-refractivity contribution in [2.45, 2.75) is 58.1 Å². The number of aliphatic hydroxyl groups excluding tert-OH is 1. The first-order chi connectivity index (χ1) is 11.5. The highest BCUT2D eigenvalue weighted by atomic mass is 35.5. The summed E-state index contributed by atoms with van der Waals surface area (Å²) in [5.74, 6) is 5.71. The van der Waals surface area contributed by atoms with Crippen LogP contribution in [0.15, 0.2) is 24.3 Å². The van der Waals surface area contributed by atoms with E-state index >= 15 is 0 Å². The van der Waals surface area contributed by atoms with Crippen LogP contribution in [0.4, 0.5) is 4.79 Å². The van der Waals surface area contributed by atoms with Gasteiger partial charge in [0.15, 0.2) is 0 Å². The Kier molecular flexibility index (Phi) is 5.68. The molecule has 25 heavy (non-hydrogen) atoms. The van der Waals surface area contributed by atoms with Gasteiger partial charge in [-0.25, -0.2) is 4.79 Å². The van der Waals surface area contributed by atoms with E-state index < -0.39 is 29.6 Å². The van der Waals surface area contributed by atoms with E-state index in [9.17, 15) is 9.90 Å². The van der Waals surface area contributed by atoms with Gasteiger partial charge >= 0.3 is 6.09 Å². The second-order valence-electron chi connectivity index (χ2n) is 7.37.